The van der Waals surface area contributed by atoms with Crippen molar-refractivity contribution in [1.82, 2.24) is 10.6 Å². The SMILES string of the molecule is COC(=O)C(CNCC1CCCC1)NC(C)=O. The molecule has 0 aromatic carbocycles. The van der Waals surface area contributed by atoms with E-state index in [4.69, 9.17) is 0 Å². The van der Waals surface area contributed by atoms with Gasteiger partial charge in [0.15, 0.2) is 0 Å². The molecule has 1 unspecified atom stereocenters. The van der Waals surface area contributed by atoms with Crippen molar-refractivity contribution in [3.05, 3.63) is 0 Å². The Hall–Kier alpha value is -1.10. The molecule has 0 bridgehead atoms. The summed E-state index contributed by atoms with van der Waals surface area (Å²) in [6.45, 7) is 2.74. The van der Waals surface area contributed by atoms with E-state index < -0.39 is 12.0 Å². The molecule has 0 radical (unpaired) electrons. The fourth-order valence-corrected chi connectivity index (χ4v) is 2.23. The number of carbonyl (C=O) groups is 2. The Labute approximate surface area is 102 Å². The molecular weight excluding hydrogens is 220 g/mol. The molecule has 2 N–H and O–H groups in total. The van der Waals surface area contributed by atoms with E-state index in [-0.39, 0.29) is 5.91 Å². The van der Waals surface area contributed by atoms with E-state index in [0.717, 1.165) is 6.54 Å². The zero-order valence-electron chi connectivity index (χ0n) is 10.6. The van der Waals surface area contributed by atoms with Crippen molar-refractivity contribution in [2.45, 2.75) is 38.6 Å². The maximum Gasteiger partial charge on any atom is 0.329 e. The first-order valence-electron chi connectivity index (χ1n) is 6.19. The van der Waals surface area contributed by atoms with Crippen LogP contribution in [0.1, 0.15) is 32.6 Å². The lowest BCUT2D eigenvalue weighted by atomic mass is 10.1. The lowest BCUT2D eigenvalue weighted by Gasteiger charge is -2.17. The number of rotatable bonds is 6. The van der Waals surface area contributed by atoms with Crippen LogP contribution >= 0.6 is 0 Å². The highest BCUT2D eigenvalue weighted by Crippen LogP contribution is 2.23. The third kappa shape index (κ3) is 5.17. The normalized spacial score (nSPS) is 17.8. The Morgan fingerprint density at radius 3 is 2.53 bits per heavy atom. The first-order valence-corrected chi connectivity index (χ1v) is 6.19. The van der Waals surface area contributed by atoms with E-state index in [2.05, 4.69) is 15.4 Å². The van der Waals surface area contributed by atoms with Crippen LogP contribution in [-0.4, -0.2) is 38.1 Å². The predicted molar refractivity (Wildman–Crippen MR) is 64.4 cm³/mol. The number of methoxy groups -OCH3 is 1. The molecule has 0 spiro atoms. The molecule has 0 aromatic heterocycles. The van der Waals surface area contributed by atoms with Gasteiger partial charge in [0.25, 0.3) is 0 Å². The molecule has 17 heavy (non-hydrogen) atoms. The van der Waals surface area contributed by atoms with Crippen molar-refractivity contribution in [3.8, 4) is 0 Å². The van der Waals surface area contributed by atoms with E-state index in [1.165, 1.54) is 39.7 Å². The van der Waals surface area contributed by atoms with Gasteiger partial charge in [0.2, 0.25) is 5.91 Å². The molecule has 1 amide bonds. The second-order valence-corrected chi connectivity index (χ2v) is 4.59. The average molecular weight is 242 g/mol. The van der Waals surface area contributed by atoms with Gasteiger partial charge in [0.05, 0.1) is 7.11 Å². The highest BCUT2D eigenvalue weighted by molar-refractivity contribution is 5.83. The summed E-state index contributed by atoms with van der Waals surface area (Å²) in [5.74, 6) is 0.0906. The van der Waals surface area contributed by atoms with Crippen molar-refractivity contribution in [1.29, 1.82) is 0 Å². The van der Waals surface area contributed by atoms with Gasteiger partial charge in [0, 0.05) is 13.5 Å². The minimum absolute atomic E-state index is 0.219. The van der Waals surface area contributed by atoms with Crippen molar-refractivity contribution in [3.63, 3.8) is 0 Å². The van der Waals surface area contributed by atoms with Gasteiger partial charge in [-0.2, -0.15) is 0 Å². The van der Waals surface area contributed by atoms with E-state index in [1.54, 1.807) is 0 Å². The van der Waals surface area contributed by atoms with Crippen LogP contribution in [0.2, 0.25) is 0 Å². The zero-order valence-corrected chi connectivity index (χ0v) is 10.6. The average Bonchev–Trinajstić information content (AvgIpc) is 2.79. The lowest BCUT2D eigenvalue weighted by molar-refractivity contribution is -0.144. The maximum absolute atomic E-state index is 11.4. The highest BCUT2D eigenvalue weighted by atomic mass is 16.5. The molecule has 1 aliphatic rings. The molecule has 5 nitrogen and oxygen atoms in total. The molecule has 1 atom stereocenters. The molecule has 1 saturated carbocycles. The van der Waals surface area contributed by atoms with Crippen LogP contribution in [0.5, 0.6) is 0 Å². The molecule has 1 fully saturated rings. The smallest absolute Gasteiger partial charge is 0.329 e. The molecular formula is C12H22N2O3. The number of ether oxygens (including phenoxy) is 1. The van der Waals surface area contributed by atoms with Crippen LogP contribution in [0, 0.1) is 5.92 Å². The molecule has 1 rings (SSSR count). The Kier molecular flexibility index (Phi) is 5.97. The van der Waals surface area contributed by atoms with Crippen molar-refractivity contribution < 1.29 is 14.3 Å². The summed E-state index contributed by atoms with van der Waals surface area (Å²) in [4.78, 5) is 22.3. The van der Waals surface area contributed by atoms with Crippen molar-refractivity contribution in [2.24, 2.45) is 5.92 Å². The van der Waals surface area contributed by atoms with Gasteiger partial charge in [-0.1, -0.05) is 12.8 Å². The monoisotopic (exact) mass is 242 g/mol. The molecule has 5 heteroatoms. The van der Waals surface area contributed by atoms with Gasteiger partial charge < -0.3 is 15.4 Å². The van der Waals surface area contributed by atoms with Gasteiger partial charge in [-0.05, 0) is 25.3 Å². The molecule has 0 saturated heterocycles. The van der Waals surface area contributed by atoms with Crippen LogP contribution in [0.25, 0.3) is 0 Å². The third-order valence-electron chi connectivity index (χ3n) is 3.12. The minimum Gasteiger partial charge on any atom is -0.467 e. The standard InChI is InChI=1S/C12H22N2O3/c1-9(15)14-11(12(16)17-2)8-13-7-10-5-3-4-6-10/h10-11,13H,3-8H2,1-2H3,(H,14,15). The van der Waals surface area contributed by atoms with Gasteiger partial charge in [-0.15, -0.1) is 0 Å². The fourth-order valence-electron chi connectivity index (χ4n) is 2.23. The Morgan fingerprint density at radius 2 is 2.00 bits per heavy atom. The summed E-state index contributed by atoms with van der Waals surface area (Å²) < 4.78 is 4.64. The first-order chi connectivity index (χ1) is 8.13. The van der Waals surface area contributed by atoms with Crippen LogP contribution in [0.15, 0.2) is 0 Å². The molecule has 0 aliphatic heterocycles. The summed E-state index contributed by atoms with van der Waals surface area (Å²) in [6.07, 6.45) is 5.13. The van der Waals surface area contributed by atoms with Crippen LogP contribution in [-0.2, 0) is 14.3 Å². The van der Waals surface area contributed by atoms with Crippen molar-refractivity contribution >= 4 is 11.9 Å². The molecule has 1 aliphatic carbocycles. The number of carbonyl (C=O) groups excluding carboxylic acids is 2. The Bertz CT molecular complexity index is 262. The van der Waals surface area contributed by atoms with Crippen LogP contribution < -0.4 is 10.6 Å². The number of amides is 1. The maximum atomic E-state index is 11.4. The largest absolute Gasteiger partial charge is 0.467 e. The Morgan fingerprint density at radius 1 is 1.35 bits per heavy atom. The summed E-state index contributed by atoms with van der Waals surface area (Å²) >= 11 is 0. The molecule has 0 aromatic rings. The number of hydrogen-bond acceptors (Lipinski definition) is 4. The number of hydrogen-bond donors (Lipinski definition) is 2. The lowest BCUT2D eigenvalue weighted by Crippen LogP contribution is -2.47. The summed E-state index contributed by atoms with van der Waals surface area (Å²) in [5, 5.41) is 5.81. The first kappa shape index (κ1) is 14.0. The fraction of sp³-hybridized carbons (Fsp3) is 0.833. The van der Waals surface area contributed by atoms with Crippen LogP contribution in [0.3, 0.4) is 0 Å². The predicted octanol–water partition coefficient (Wildman–Crippen LogP) is 0.444. The van der Waals surface area contributed by atoms with Gasteiger partial charge >= 0.3 is 5.97 Å². The van der Waals surface area contributed by atoms with Crippen LogP contribution in [0.4, 0.5) is 0 Å². The van der Waals surface area contributed by atoms with Gasteiger partial charge in [-0.25, -0.2) is 4.79 Å². The summed E-state index contributed by atoms with van der Waals surface area (Å²) in [7, 11) is 1.33. The molecule has 98 valence electrons. The number of nitrogens with one attached hydrogen (secondary N) is 2. The van der Waals surface area contributed by atoms with E-state index >= 15 is 0 Å². The second-order valence-electron chi connectivity index (χ2n) is 4.59. The molecule has 0 heterocycles. The topological polar surface area (TPSA) is 67.4 Å². The zero-order chi connectivity index (χ0) is 12.7. The third-order valence-corrected chi connectivity index (χ3v) is 3.12. The van der Waals surface area contributed by atoms with E-state index in [9.17, 15) is 9.59 Å². The van der Waals surface area contributed by atoms with Gasteiger partial charge in [-0.3, -0.25) is 4.79 Å². The quantitative estimate of drug-likeness (QED) is 0.663. The Balaban J connectivity index is 2.27. The summed E-state index contributed by atoms with van der Waals surface area (Å²) in [6, 6.07) is -0.584. The number of esters is 1. The van der Waals surface area contributed by atoms with Crippen molar-refractivity contribution in [2.75, 3.05) is 20.2 Å². The van der Waals surface area contributed by atoms with E-state index in [1.807, 2.05) is 0 Å². The van der Waals surface area contributed by atoms with E-state index in [0.29, 0.717) is 12.5 Å². The highest BCUT2D eigenvalue weighted by Gasteiger charge is 2.21. The minimum atomic E-state index is -0.584. The summed E-state index contributed by atoms with van der Waals surface area (Å²) in [5.41, 5.74) is 0. The van der Waals surface area contributed by atoms with Gasteiger partial charge in [0.1, 0.15) is 6.04 Å². The second kappa shape index (κ2) is 7.27.